The Hall–Kier alpha value is -1.71. The smallest absolute Gasteiger partial charge is 0.274 e. The van der Waals surface area contributed by atoms with Crippen LogP contribution in [0, 0.1) is 5.41 Å². The van der Waals surface area contributed by atoms with Crippen LogP contribution in [0.5, 0.6) is 0 Å². The van der Waals surface area contributed by atoms with E-state index in [-0.39, 0.29) is 11.5 Å². The molecule has 1 saturated heterocycles. The number of nitrogens with one attached hydrogen (secondary N) is 1. The van der Waals surface area contributed by atoms with Gasteiger partial charge in [0.15, 0.2) is 5.65 Å². The molecule has 2 fully saturated rings. The summed E-state index contributed by atoms with van der Waals surface area (Å²) in [5.41, 5.74) is 2.24. The third kappa shape index (κ3) is 2.16. The van der Waals surface area contributed by atoms with E-state index in [1.165, 1.54) is 0 Å². The van der Waals surface area contributed by atoms with E-state index in [0.29, 0.717) is 0 Å². The molecule has 4 rings (SSSR count). The molecule has 0 amide bonds. The van der Waals surface area contributed by atoms with Gasteiger partial charge >= 0.3 is 0 Å². The highest BCUT2D eigenvalue weighted by Gasteiger charge is 2.53. The van der Waals surface area contributed by atoms with Gasteiger partial charge in [0.2, 0.25) is 0 Å². The molecule has 9 heteroatoms. The maximum absolute atomic E-state index is 11.0. The molecule has 1 saturated carbocycles. The number of rotatable bonds is 3. The standard InChI is InChI=1S/C13H18N6O2S/c1-18-12-10(6-16-18)11(2-3-15-12)19-7-13(8-19)4-9(5-13)17-22(14,20)21/h2-3,6,9,17H,4-5,7-8H2,1H3,(H2,14,20,21). The number of pyridine rings is 1. The zero-order valence-electron chi connectivity index (χ0n) is 12.2. The second-order valence-electron chi connectivity index (χ2n) is 6.46. The predicted molar refractivity (Wildman–Crippen MR) is 82.4 cm³/mol. The number of nitrogens with zero attached hydrogens (tertiary/aromatic N) is 4. The van der Waals surface area contributed by atoms with Crippen molar-refractivity contribution in [3.63, 3.8) is 0 Å². The van der Waals surface area contributed by atoms with Gasteiger partial charge in [-0.25, -0.2) is 10.1 Å². The van der Waals surface area contributed by atoms with E-state index in [4.69, 9.17) is 5.14 Å². The van der Waals surface area contributed by atoms with Crippen molar-refractivity contribution in [2.75, 3.05) is 18.0 Å². The van der Waals surface area contributed by atoms with Crippen molar-refractivity contribution < 1.29 is 8.42 Å². The van der Waals surface area contributed by atoms with Gasteiger partial charge in [0.05, 0.1) is 17.3 Å². The van der Waals surface area contributed by atoms with E-state index in [1.807, 2.05) is 19.3 Å². The van der Waals surface area contributed by atoms with E-state index >= 15 is 0 Å². The van der Waals surface area contributed by atoms with E-state index in [0.717, 1.165) is 42.7 Å². The molecule has 3 N–H and O–H groups in total. The minimum absolute atomic E-state index is 0.0204. The van der Waals surface area contributed by atoms with Crippen LogP contribution in [0.25, 0.3) is 11.0 Å². The second-order valence-corrected chi connectivity index (χ2v) is 7.79. The third-order valence-corrected chi connectivity index (χ3v) is 5.36. The molecule has 1 aliphatic carbocycles. The molecule has 3 heterocycles. The molecule has 22 heavy (non-hydrogen) atoms. The molecule has 0 bridgehead atoms. The molecule has 118 valence electrons. The summed E-state index contributed by atoms with van der Waals surface area (Å²) >= 11 is 0. The van der Waals surface area contributed by atoms with Gasteiger partial charge < -0.3 is 4.90 Å². The summed E-state index contributed by atoms with van der Waals surface area (Å²) in [6.45, 7) is 1.87. The molecule has 0 aromatic carbocycles. The van der Waals surface area contributed by atoms with Crippen molar-refractivity contribution in [1.82, 2.24) is 19.5 Å². The number of nitrogens with two attached hydrogens (primary N) is 1. The first kappa shape index (κ1) is 13.9. The Morgan fingerprint density at radius 3 is 2.82 bits per heavy atom. The maximum atomic E-state index is 11.0. The van der Waals surface area contributed by atoms with Gasteiger partial charge in [-0.05, 0) is 18.9 Å². The van der Waals surface area contributed by atoms with Crippen LogP contribution >= 0.6 is 0 Å². The van der Waals surface area contributed by atoms with Crippen LogP contribution in [-0.2, 0) is 17.3 Å². The number of anilines is 1. The highest BCUT2D eigenvalue weighted by atomic mass is 32.2. The van der Waals surface area contributed by atoms with Crippen LogP contribution in [0.1, 0.15) is 12.8 Å². The molecule has 0 atom stereocenters. The van der Waals surface area contributed by atoms with Gasteiger partial charge in [0, 0.05) is 37.8 Å². The fourth-order valence-corrected chi connectivity index (χ4v) is 4.43. The number of hydrogen-bond donors (Lipinski definition) is 2. The molecule has 2 aromatic heterocycles. The van der Waals surface area contributed by atoms with Crippen LogP contribution in [0.4, 0.5) is 5.69 Å². The largest absolute Gasteiger partial charge is 0.370 e. The Balaban J connectivity index is 1.46. The monoisotopic (exact) mass is 322 g/mol. The van der Waals surface area contributed by atoms with Crippen molar-refractivity contribution in [3.8, 4) is 0 Å². The molecular weight excluding hydrogens is 304 g/mol. The van der Waals surface area contributed by atoms with Crippen molar-refractivity contribution in [3.05, 3.63) is 18.5 Å². The Morgan fingerprint density at radius 1 is 1.41 bits per heavy atom. The van der Waals surface area contributed by atoms with Crippen molar-refractivity contribution in [1.29, 1.82) is 0 Å². The quantitative estimate of drug-likeness (QED) is 0.809. The van der Waals surface area contributed by atoms with Crippen LogP contribution in [0.2, 0.25) is 0 Å². The Labute approximate surface area is 128 Å². The number of aryl methyl sites for hydroxylation is 1. The van der Waals surface area contributed by atoms with E-state index in [9.17, 15) is 8.42 Å². The average Bonchev–Trinajstić information content (AvgIpc) is 2.72. The first-order chi connectivity index (χ1) is 10.4. The van der Waals surface area contributed by atoms with Gasteiger partial charge in [-0.2, -0.15) is 18.2 Å². The molecule has 1 aliphatic heterocycles. The van der Waals surface area contributed by atoms with Crippen LogP contribution in [0.3, 0.4) is 0 Å². The molecule has 8 nitrogen and oxygen atoms in total. The van der Waals surface area contributed by atoms with Gasteiger partial charge in [-0.3, -0.25) is 4.68 Å². The summed E-state index contributed by atoms with van der Waals surface area (Å²) in [7, 11) is -1.71. The molecule has 2 aromatic rings. The first-order valence-corrected chi connectivity index (χ1v) is 8.72. The number of hydrogen-bond acceptors (Lipinski definition) is 5. The fourth-order valence-electron chi connectivity index (χ4n) is 3.80. The fraction of sp³-hybridized carbons (Fsp3) is 0.538. The van der Waals surface area contributed by atoms with Crippen LogP contribution in [0.15, 0.2) is 18.5 Å². The minimum Gasteiger partial charge on any atom is -0.370 e. The van der Waals surface area contributed by atoms with Gasteiger partial charge in [0.25, 0.3) is 10.2 Å². The number of fused-ring (bicyclic) bond motifs is 1. The summed E-state index contributed by atoms with van der Waals surface area (Å²) in [6, 6.07) is 1.99. The predicted octanol–water partition coefficient (Wildman–Crippen LogP) is -0.270. The normalized spacial score (nSPS) is 21.1. The summed E-state index contributed by atoms with van der Waals surface area (Å²) in [5, 5.41) is 10.3. The summed E-state index contributed by atoms with van der Waals surface area (Å²) < 4.78 is 26.3. The summed E-state index contributed by atoms with van der Waals surface area (Å²) in [5.74, 6) is 0. The summed E-state index contributed by atoms with van der Waals surface area (Å²) in [4.78, 5) is 6.65. The molecule has 0 unspecified atom stereocenters. The minimum atomic E-state index is -3.59. The van der Waals surface area contributed by atoms with Crippen molar-refractivity contribution in [2.45, 2.75) is 18.9 Å². The lowest BCUT2D eigenvalue weighted by Crippen LogP contribution is -2.67. The van der Waals surface area contributed by atoms with Crippen molar-refractivity contribution >= 4 is 26.9 Å². The maximum Gasteiger partial charge on any atom is 0.274 e. The average molecular weight is 322 g/mol. The lowest BCUT2D eigenvalue weighted by Gasteiger charge is -2.59. The molecule has 0 radical (unpaired) electrons. The molecule has 1 spiro atoms. The topological polar surface area (TPSA) is 106 Å². The molecule has 2 aliphatic rings. The number of aromatic nitrogens is 3. The van der Waals surface area contributed by atoms with Crippen molar-refractivity contribution in [2.24, 2.45) is 17.6 Å². The lowest BCUT2D eigenvalue weighted by molar-refractivity contribution is 0.0592. The first-order valence-electron chi connectivity index (χ1n) is 7.17. The van der Waals surface area contributed by atoms with Crippen LogP contribution < -0.4 is 14.8 Å². The summed E-state index contributed by atoms with van der Waals surface area (Å²) in [6.07, 6.45) is 5.34. The Kier molecular flexibility index (Phi) is 2.78. The van der Waals surface area contributed by atoms with E-state index in [1.54, 1.807) is 10.9 Å². The lowest BCUT2D eigenvalue weighted by atomic mass is 9.61. The van der Waals surface area contributed by atoms with Gasteiger partial charge in [0.1, 0.15) is 0 Å². The molecular formula is C13H18N6O2S. The third-order valence-electron chi connectivity index (χ3n) is 4.70. The van der Waals surface area contributed by atoms with Gasteiger partial charge in [-0.15, -0.1) is 0 Å². The van der Waals surface area contributed by atoms with E-state index < -0.39 is 10.2 Å². The van der Waals surface area contributed by atoms with Crippen LogP contribution in [-0.4, -0.2) is 42.3 Å². The highest BCUT2D eigenvalue weighted by Crippen LogP contribution is 2.50. The zero-order valence-corrected chi connectivity index (χ0v) is 13.0. The zero-order chi connectivity index (χ0) is 15.5. The SMILES string of the molecule is Cn1ncc2c(N3CC4(CC(NS(N)(=O)=O)C4)C3)ccnc21. The van der Waals surface area contributed by atoms with Gasteiger partial charge in [-0.1, -0.05) is 0 Å². The Morgan fingerprint density at radius 2 is 2.14 bits per heavy atom. The highest BCUT2D eigenvalue weighted by molar-refractivity contribution is 7.87. The Bertz CT molecular complexity index is 831. The second kappa shape index (κ2) is 4.40. The van der Waals surface area contributed by atoms with E-state index in [2.05, 4.69) is 19.7 Å².